The Morgan fingerprint density at radius 1 is 0.968 bits per heavy atom. The SMILES string of the molecule is CCN(CC)S(=O)(=O)c1ccc(OCC(=O)NC(C)c2cc(C)c(C)cc2C)c(C)c1. The Morgan fingerprint density at radius 2 is 1.58 bits per heavy atom. The lowest BCUT2D eigenvalue weighted by Gasteiger charge is -2.20. The van der Waals surface area contributed by atoms with Crippen molar-refractivity contribution in [2.45, 2.75) is 59.4 Å². The van der Waals surface area contributed by atoms with Crippen molar-refractivity contribution < 1.29 is 17.9 Å². The Kier molecular flexibility index (Phi) is 8.26. The maximum absolute atomic E-state index is 12.7. The van der Waals surface area contributed by atoms with Crippen molar-refractivity contribution in [1.29, 1.82) is 0 Å². The van der Waals surface area contributed by atoms with Crippen molar-refractivity contribution in [3.05, 3.63) is 58.1 Å². The van der Waals surface area contributed by atoms with Crippen LogP contribution in [0.4, 0.5) is 0 Å². The smallest absolute Gasteiger partial charge is 0.258 e. The van der Waals surface area contributed by atoms with Gasteiger partial charge in [-0.25, -0.2) is 8.42 Å². The lowest BCUT2D eigenvalue weighted by molar-refractivity contribution is -0.123. The number of ether oxygens (including phenoxy) is 1. The third-order valence-corrected chi connectivity index (χ3v) is 7.62. The van der Waals surface area contributed by atoms with Gasteiger partial charge in [0.25, 0.3) is 5.91 Å². The van der Waals surface area contributed by atoms with Crippen LogP contribution >= 0.6 is 0 Å². The van der Waals surface area contributed by atoms with Gasteiger partial charge in [0.15, 0.2) is 6.61 Å². The zero-order valence-corrected chi connectivity index (χ0v) is 20.4. The fourth-order valence-electron chi connectivity index (χ4n) is 3.61. The highest BCUT2D eigenvalue weighted by Crippen LogP contribution is 2.25. The first-order valence-corrected chi connectivity index (χ1v) is 12.1. The van der Waals surface area contributed by atoms with Crippen molar-refractivity contribution >= 4 is 15.9 Å². The van der Waals surface area contributed by atoms with Gasteiger partial charge in [0, 0.05) is 13.1 Å². The van der Waals surface area contributed by atoms with Gasteiger partial charge >= 0.3 is 0 Å². The Labute approximate surface area is 186 Å². The van der Waals surface area contributed by atoms with Crippen molar-refractivity contribution in [3.63, 3.8) is 0 Å². The number of aryl methyl sites for hydroxylation is 4. The van der Waals surface area contributed by atoms with Gasteiger partial charge in [0.2, 0.25) is 10.0 Å². The van der Waals surface area contributed by atoms with Crippen LogP contribution in [0.1, 0.15) is 54.6 Å². The van der Waals surface area contributed by atoms with Crippen molar-refractivity contribution in [1.82, 2.24) is 9.62 Å². The molecular formula is C24H34N2O4S. The molecule has 1 amide bonds. The number of nitrogens with zero attached hydrogens (tertiary/aromatic N) is 1. The zero-order valence-electron chi connectivity index (χ0n) is 19.6. The molecule has 2 rings (SSSR count). The van der Waals surface area contributed by atoms with Crippen molar-refractivity contribution in [2.75, 3.05) is 19.7 Å². The number of hydrogen-bond acceptors (Lipinski definition) is 4. The van der Waals surface area contributed by atoms with Crippen LogP contribution in [0.2, 0.25) is 0 Å². The molecule has 1 atom stereocenters. The molecular weight excluding hydrogens is 412 g/mol. The summed E-state index contributed by atoms with van der Waals surface area (Å²) in [5.41, 5.74) is 5.30. The van der Waals surface area contributed by atoms with E-state index < -0.39 is 10.0 Å². The summed E-state index contributed by atoms with van der Waals surface area (Å²) in [7, 11) is -3.53. The highest BCUT2D eigenvalue weighted by molar-refractivity contribution is 7.89. The number of benzene rings is 2. The largest absolute Gasteiger partial charge is 0.484 e. The molecule has 170 valence electrons. The Bertz CT molecular complexity index is 1040. The lowest BCUT2D eigenvalue weighted by atomic mass is 9.96. The van der Waals surface area contributed by atoms with E-state index in [1.54, 1.807) is 19.1 Å². The first kappa shape index (κ1) is 24.9. The third kappa shape index (κ3) is 5.86. The summed E-state index contributed by atoms with van der Waals surface area (Å²) < 4.78 is 32.4. The number of hydrogen-bond donors (Lipinski definition) is 1. The Balaban J connectivity index is 2.05. The van der Waals surface area contributed by atoms with E-state index in [1.165, 1.54) is 21.5 Å². The first-order chi connectivity index (χ1) is 14.5. The number of nitrogens with one attached hydrogen (secondary N) is 1. The molecule has 0 heterocycles. The van der Waals surface area contributed by atoms with E-state index >= 15 is 0 Å². The van der Waals surface area contributed by atoms with Crippen LogP contribution in [0.15, 0.2) is 35.2 Å². The van der Waals surface area contributed by atoms with Gasteiger partial charge in [-0.15, -0.1) is 0 Å². The van der Waals surface area contributed by atoms with E-state index in [9.17, 15) is 13.2 Å². The van der Waals surface area contributed by atoms with E-state index in [4.69, 9.17) is 4.74 Å². The van der Waals surface area contributed by atoms with Gasteiger partial charge in [-0.2, -0.15) is 4.31 Å². The van der Waals surface area contributed by atoms with Crippen LogP contribution in [0.5, 0.6) is 5.75 Å². The number of sulfonamides is 1. The second-order valence-electron chi connectivity index (χ2n) is 7.89. The predicted octanol–water partition coefficient (Wildman–Crippen LogP) is 4.21. The fourth-order valence-corrected chi connectivity index (χ4v) is 5.15. The average Bonchev–Trinajstić information content (AvgIpc) is 2.70. The van der Waals surface area contributed by atoms with E-state index in [-0.39, 0.29) is 23.5 Å². The molecule has 2 aromatic carbocycles. The van der Waals surface area contributed by atoms with Gasteiger partial charge < -0.3 is 10.1 Å². The number of carbonyl (C=O) groups excluding carboxylic acids is 1. The van der Waals surface area contributed by atoms with Crippen molar-refractivity contribution in [3.8, 4) is 5.75 Å². The monoisotopic (exact) mass is 446 g/mol. The number of amides is 1. The fraction of sp³-hybridized carbons (Fsp3) is 0.458. The van der Waals surface area contributed by atoms with Crippen LogP contribution in [-0.2, 0) is 14.8 Å². The summed E-state index contributed by atoms with van der Waals surface area (Å²) in [5.74, 6) is 0.257. The third-order valence-electron chi connectivity index (χ3n) is 5.57. The molecule has 0 aliphatic carbocycles. The molecule has 0 saturated carbocycles. The molecule has 0 aliphatic rings. The van der Waals surface area contributed by atoms with Gasteiger partial charge in [-0.05, 0) is 80.6 Å². The standard InChI is InChI=1S/C24H34N2O4S/c1-8-26(9-2)31(28,29)21-10-11-23(19(6)13-21)30-15-24(27)25-20(7)22-14-17(4)16(3)12-18(22)5/h10-14,20H,8-9,15H2,1-7H3,(H,25,27). The summed E-state index contributed by atoms with van der Waals surface area (Å²) in [4.78, 5) is 12.7. The lowest BCUT2D eigenvalue weighted by Crippen LogP contribution is -2.32. The summed E-state index contributed by atoms with van der Waals surface area (Å²) in [5, 5.41) is 2.97. The number of rotatable bonds is 9. The first-order valence-electron chi connectivity index (χ1n) is 10.6. The predicted molar refractivity (Wildman–Crippen MR) is 124 cm³/mol. The summed E-state index contributed by atoms with van der Waals surface area (Å²) in [6.07, 6.45) is 0. The molecule has 0 bridgehead atoms. The van der Waals surface area contributed by atoms with Crippen LogP contribution in [0.25, 0.3) is 0 Å². The van der Waals surface area contributed by atoms with E-state index in [0.717, 1.165) is 11.1 Å². The molecule has 0 radical (unpaired) electrons. The normalized spacial score (nSPS) is 12.6. The maximum Gasteiger partial charge on any atom is 0.258 e. The Hall–Kier alpha value is -2.38. The minimum absolute atomic E-state index is 0.141. The molecule has 2 aromatic rings. The van der Waals surface area contributed by atoms with Gasteiger partial charge in [-0.3, -0.25) is 4.79 Å². The molecule has 0 aromatic heterocycles. The van der Waals surface area contributed by atoms with E-state index in [2.05, 4.69) is 31.3 Å². The van der Waals surface area contributed by atoms with Crippen LogP contribution in [0.3, 0.4) is 0 Å². The molecule has 0 saturated heterocycles. The quantitative estimate of drug-likeness (QED) is 0.626. The summed E-state index contributed by atoms with van der Waals surface area (Å²) in [6.45, 7) is 14.2. The zero-order chi connectivity index (χ0) is 23.3. The Morgan fingerprint density at radius 3 is 2.16 bits per heavy atom. The molecule has 0 aliphatic heterocycles. The van der Waals surface area contributed by atoms with Crippen LogP contribution < -0.4 is 10.1 Å². The topological polar surface area (TPSA) is 75.7 Å². The molecule has 1 unspecified atom stereocenters. The maximum atomic E-state index is 12.7. The minimum Gasteiger partial charge on any atom is -0.484 e. The van der Waals surface area contributed by atoms with Crippen molar-refractivity contribution in [2.24, 2.45) is 0 Å². The van der Waals surface area contributed by atoms with E-state index in [1.807, 2.05) is 27.7 Å². The van der Waals surface area contributed by atoms with Crippen LogP contribution in [0, 0.1) is 27.7 Å². The molecule has 7 heteroatoms. The molecule has 6 nitrogen and oxygen atoms in total. The minimum atomic E-state index is -3.53. The van der Waals surface area contributed by atoms with Gasteiger partial charge in [0.05, 0.1) is 10.9 Å². The average molecular weight is 447 g/mol. The molecule has 31 heavy (non-hydrogen) atoms. The van der Waals surface area contributed by atoms with Gasteiger partial charge in [0.1, 0.15) is 5.75 Å². The number of carbonyl (C=O) groups is 1. The molecule has 0 fully saturated rings. The second kappa shape index (κ2) is 10.3. The second-order valence-corrected chi connectivity index (χ2v) is 9.83. The summed E-state index contributed by atoms with van der Waals surface area (Å²) >= 11 is 0. The van der Waals surface area contributed by atoms with Crippen LogP contribution in [-0.4, -0.2) is 38.3 Å². The molecule has 0 spiro atoms. The highest BCUT2D eigenvalue weighted by atomic mass is 32.2. The summed E-state index contributed by atoms with van der Waals surface area (Å²) in [6, 6.07) is 8.81. The van der Waals surface area contributed by atoms with Gasteiger partial charge in [-0.1, -0.05) is 26.0 Å². The highest BCUT2D eigenvalue weighted by Gasteiger charge is 2.22. The van der Waals surface area contributed by atoms with E-state index in [0.29, 0.717) is 24.4 Å². The molecule has 1 N–H and O–H groups in total.